The number of anilines is 1. The van der Waals surface area contributed by atoms with Crippen molar-refractivity contribution in [3.8, 4) is 0 Å². The molecule has 0 aromatic carbocycles. The number of nitrogens with one attached hydrogen (secondary N) is 1. The van der Waals surface area contributed by atoms with Crippen LogP contribution in [0.1, 0.15) is 12.1 Å². The van der Waals surface area contributed by atoms with Gasteiger partial charge in [0, 0.05) is 5.69 Å². The molecule has 0 spiro atoms. The van der Waals surface area contributed by atoms with Crippen LogP contribution in [0, 0.1) is 6.92 Å². The van der Waals surface area contributed by atoms with Gasteiger partial charge in [0.2, 0.25) is 5.91 Å². The molecule has 0 atom stereocenters. The minimum atomic E-state index is -4.48. The number of halogens is 3. The van der Waals surface area contributed by atoms with E-state index in [1.54, 1.807) is 13.0 Å². The van der Waals surface area contributed by atoms with Crippen LogP contribution in [0.5, 0.6) is 0 Å². The first kappa shape index (κ1) is 11.5. The summed E-state index contributed by atoms with van der Waals surface area (Å²) in [6.45, 7) is 1.74. The van der Waals surface area contributed by atoms with E-state index < -0.39 is 18.5 Å². The van der Waals surface area contributed by atoms with Crippen LogP contribution in [-0.2, 0) is 4.79 Å². The number of nitrogens with zero attached hydrogens (tertiary/aromatic N) is 1. The minimum absolute atomic E-state index is 0.259. The van der Waals surface area contributed by atoms with E-state index in [0.29, 0.717) is 0 Å². The van der Waals surface area contributed by atoms with Crippen LogP contribution in [0.25, 0.3) is 0 Å². The second-order valence-corrected chi connectivity index (χ2v) is 3.03. The SMILES string of the molecule is Cc1ccc(NC(=O)CC(F)(F)F)cn1. The van der Waals surface area contributed by atoms with Gasteiger partial charge in [-0.3, -0.25) is 9.78 Å². The van der Waals surface area contributed by atoms with E-state index in [2.05, 4.69) is 10.3 Å². The molecule has 0 aliphatic rings. The Hall–Kier alpha value is -1.59. The van der Waals surface area contributed by atoms with E-state index in [0.717, 1.165) is 5.69 Å². The van der Waals surface area contributed by atoms with Crippen LogP contribution >= 0.6 is 0 Å². The lowest BCUT2D eigenvalue weighted by Crippen LogP contribution is -2.21. The van der Waals surface area contributed by atoms with Crippen molar-refractivity contribution in [1.82, 2.24) is 4.98 Å². The first-order chi connectivity index (χ1) is 6.87. The molecule has 0 radical (unpaired) electrons. The first-order valence-electron chi connectivity index (χ1n) is 4.16. The molecule has 1 heterocycles. The molecule has 15 heavy (non-hydrogen) atoms. The summed E-state index contributed by atoms with van der Waals surface area (Å²) in [7, 11) is 0. The van der Waals surface area contributed by atoms with Crippen molar-refractivity contribution >= 4 is 11.6 Å². The van der Waals surface area contributed by atoms with E-state index in [9.17, 15) is 18.0 Å². The van der Waals surface area contributed by atoms with Gasteiger partial charge in [-0.1, -0.05) is 0 Å². The zero-order valence-electron chi connectivity index (χ0n) is 7.93. The average molecular weight is 218 g/mol. The molecule has 0 aliphatic heterocycles. The highest BCUT2D eigenvalue weighted by atomic mass is 19.4. The predicted octanol–water partition coefficient (Wildman–Crippen LogP) is 2.28. The number of carbonyl (C=O) groups excluding carboxylic acids is 1. The average Bonchev–Trinajstić information content (AvgIpc) is 2.05. The molecule has 0 aliphatic carbocycles. The van der Waals surface area contributed by atoms with Gasteiger partial charge in [0.15, 0.2) is 0 Å². The fraction of sp³-hybridized carbons (Fsp3) is 0.333. The van der Waals surface area contributed by atoms with Crippen molar-refractivity contribution in [3.63, 3.8) is 0 Å². The first-order valence-corrected chi connectivity index (χ1v) is 4.16. The molecule has 3 nitrogen and oxygen atoms in total. The summed E-state index contributed by atoms with van der Waals surface area (Å²) in [4.78, 5) is 14.7. The molecule has 6 heteroatoms. The van der Waals surface area contributed by atoms with Crippen LogP contribution in [0.2, 0.25) is 0 Å². The monoisotopic (exact) mass is 218 g/mol. The lowest BCUT2D eigenvalue weighted by atomic mass is 10.3. The van der Waals surface area contributed by atoms with Crippen molar-refractivity contribution in [2.45, 2.75) is 19.5 Å². The number of rotatable bonds is 2. The molecule has 1 amide bonds. The van der Waals surface area contributed by atoms with E-state index in [1.807, 2.05) is 0 Å². The third kappa shape index (κ3) is 4.44. The maximum Gasteiger partial charge on any atom is 0.397 e. The number of carbonyl (C=O) groups is 1. The van der Waals surface area contributed by atoms with E-state index >= 15 is 0 Å². The topological polar surface area (TPSA) is 42.0 Å². The largest absolute Gasteiger partial charge is 0.397 e. The maximum atomic E-state index is 11.8. The number of alkyl halides is 3. The maximum absolute atomic E-state index is 11.8. The summed E-state index contributed by atoms with van der Waals surface area (Å²) in [6, 6.07) is 3.10. The second-order valence-electron chi connectivity index (χ2n) is 3.03. The van der Waals surface area contributed by atoms with Crippen molar-refractivity contribution in [1.29, 1.82) is 0 Å². The quantitative estimate of drug-likeness (QED) is 0.827. The zero-order valence-corrected chi connectivity index (χ0v) is 7.93. The third-order valence-corrected chi connectivity index (χ3v) is 1.56. The van der Waals surface area contributed by atoms with Gasteiger partial charge in [0.25, 0.3) is 0 Å². The summed E-state index contributed by atoms with van der Waals surface area (Å²) in [6.07, 6.45) is -4.66. The molecule has 0 saturated heterocycles. The van der Waals surface area contributed by atoms with Crippen LogP contribution in [0.4, 0.5) is 18.9 Å². The van der Waals surface area contributed by atoms with Crippen molar-refractivity contribution in [3.05, 3.63) is 24.0 Å². The molecular weight excluding hydrogens is 209 g/mol. The van der Waals surface area contributed by atoms with E-state index in [-0.39, 0.29) is 5.69 Å². The molecule has 1 N–H and O–H groups in total. The highest BCUT2D eigenvalue weighted by Crippen LogP contribution is 2.20. The van der Waals surface area contributed by atoms with Gasteiger partial charge in [0.05, 0.1) is 11.9 Å². The number of aromatic nitrogens is 1. The highest BCUT2D eigenvalue weighted by Gasteiger charge is 2.31. The zero-order chi connectivity index (χ0) is 11.5. The van der Waals surface area contributed by atoms with Crippen molar-refractivity contribution in [2.24, 2.45) is 0 Å². The van der Waals surface area contributed by atoms with Crippen LogP contribution in [0.3, 0.4) is 0 Å². The standard InChI is InChI=1S/C9H9F3N2O/c1-6-2-3-7(5-13-6)14-8(15)4-9(10,11)12/h2-3,5H,4H2,1H3,(H,14,15). The van der Waals surface area contributed by atoms with Gasteiger partial charge >= 0.3 is 6.18 Å². The Bertz CT molecular complexity index is 345. The third-order valence-electron chi connectivity index (χ3n) is 1.56. The summed E-state index contributed by atoms with van der Waals surface area (Å²) in [5, 5.41) is 2.10. The minimum Gasteiger partial charge on any atom is -0.324 e. The summed E-state index contributed by atoms with van der Waals surface area (Å²) in [5.74, 6) is -1.09. The summed E-state index contributed by atoms with van der Waals surface area (Å²) >= 11 is 0. The molecule has 0 bridgehead atoms. The second kappa shape index (κ2) is 4.29. The van der Waals surface area contributed by atoms with Gasteiger partial charge in [-0.05, 0) is 19.1 Å². The highest BCUT2D eigenvalue weighted by molar-refractivity contribution is 5.90. The molecule has 1 aromatic heterocycles. The normalized spacial score (nSPS) is 11.2. The number of hydrogen-bond donors (Lipinski definition) is 1. The Balaban J connectivity index is 2.55. The summed E-state index contributed by atoms with van der Waals surface area (Å²) < 4.78 is 35.4. The van der Waals surface area contributed by atoms with E-state index in [1.165, 1.54) is 12.3 Å². The lowest BCUT2D eigenvalue weighted by molar-refractivity contribution is -0.150. The van der Waals surface area contributed by atoms with Gasteiger partial charge in [0.1, 0.15) is 6.42 Å². The Morgan fingerprint density at radius 3 is 2.60 bits per heavy atom. The number of aryl methyl sites for hydroxylation is 1. The van der Waals surface area contributed by atoms with Crippen molar-refractivity contribution in [2.75, 3.05) is 5.32 Å². The molecule has 82 valence electrons. The Labute approximate surface area is 84.3 Å². The lowest BCUT2D eigenvalue weighted by Gasteiger charge is -2.07. The molecule has 0 unspecified atom stereocenters. The Morgan fingerprint density at radius 2 is 2.13 bits per heavy atom. The van der Waals surface area contributed by atoms with Gasteiger partial charge in [-0.15, -0.1) is 0 Å². The molecule has 1 aromatic rings. The van der Waals surface area contributed by atoms with Gasteiger partial charge in [-0.2, -0.15) is 13.2 Å². The summed E-state index contributed by atoms with van der Waals surface area (Å²) in [5.41, 5.74) is 0.985. The molecule has 0 saturated carbocycles. The molecule has 1 rings (SSSR count). The van der Waals surface area contributed by atoms with Crippen LogP contribution < -0.4 is 5.32 Å². The van der Waals surface area contributed by atoms with Gasteiger partial charge in [-0.25, -0.2) is 0 Å². The number of pyridine rings is 1. The molecular formula is C9H9F3N2O. The van der Waals surface area contributed by atoms with E-state index in [4.69, 9.17) is 0 Å². The Kier molecular flexibility index (Phi) is 3.28. The number of hydrogen-bond acceptors (Lipinski definition) is 2. The smallest absolute Gasteiger partial charge is 0.324 e. The predicted molar refractivity (Wildman–Crippen MR) is 48.3 cm³/mol. The van der Waals surface area contributed by atoms with Crippen LogP contribution in [-0.4, -0.2) is 17.1 Å². The Morgan fingerprint density at radius 1 is 1.47 bits per heavy atom. The van der Waals surface area contributed by atoms with Crippen molar-refractivity contribution < 1.29 is 18.0 Å². The van der Waals surface area contributed by atoms with Gasteiger partial charge < -0.3 is 5.32 Å². The van der Waals surface area contributed by atoms with Crippen LogP contribution in [0.15, 0.2) is 18.3 Å². The fourth-order valence-corrected chi connectivity index (χ4v) is 0.929. The molecule has 0 fully saturated rings. The fourth-order valence-electron chi connectivity index (χ4n) is 0.929. The number of amides is 1.